The molecular weight excluding hydrogens is 376 g/mol. The Hall–Kier alpha value is -1.44. The molecule has 0 N–H and O–H groups in total. The molecule has 1 heterocycles. The highest BCUT2D eigenvalue weighted by Crippen LogP contribution is 2.33. The van der Waals surface area contributed by atoms with Crippen LogP contribution in [-0.4, -0.2) is 61.9 Å². The van der Waals surface area contributed by atoms with E-state index in [1.165, 1.54) is 30.0 Å². The maximum absolute atomic E-state index is 13.5. The van der Waals surface area contributed by atoms with Crippen molar-refractivity contribution in [2.45, 2.75) is 68.3 Å². The van der Waals surface area contributed by atoms with E-state index in [1.54, 1.807) is 24.3 Å². The maximum Gasteiger partial charge on any atom is 0.254 e. The van der Waals surface area contributed by atoms with Gasteiger partial charge in [-0.15, -0.1) is 0 Å². The number of amides is 1. The van der Waals surface area contributed by atoms with Gasteiger partial charge < -0.3 is 9.64 Å². The third kappa shape index (κ3) is 3.98. The van der Waals surface area contributed by atoms with Gasteiger partial charge in [-0.2, -0.15) is 4.31 Å². The molecule has 0 atom stereocenters. The van der Waals surface area contributed by atoms with Crippen molar-refractivity contribution in [1.82, 2.24) is 9.21 Å². The predicted molar refractivity (Wildman–Crippen MR) is 107 cm³/mol. The minimum absolute atomic E-state index is 0.00201. The highest BCUT2D eigenvalue weighted by Gasteiger charge is 2.35. The van der Waals surface area contributed by atoms with Crippen LogP contribution in [0, 0.1) is 0 Å². The molecule has 28 heavy (non-hydrogen) atoms. The summed E-state index contributed by atoms with van der Waals surface area (Å²) < 4.78 is 32.7. The quantitative estimate of drug-likeness (QED) is 0.754. The number of rotatable bonds is 5. The van der Waals surface area contributed by atoms with Crippen LogP contribution in [0.1, 0.15) is 61.7 Å². The summed E-state index contributed by atoms with van der Waals surface area (Å²) >= 11 is 0. The van der Waals surface area contributed by atoms with Crippen LogP contribution in [0.15, 0.2) is 29.2 Å². The second kappa shape index (κ2) is 8.51. The van der Waals surface area contributed by atoms with E-state index in [-0.39, 0.29) is 10.8 Å². The van der Waals surface area contributed by atoms with Gasteiger partial charge in [0.15, 0.2) is 0 Å². The lowest BCUT2D eigenvalue weighted by atomic mass is 10.1. The third-order valence-electron chi connectivity index (χ3n) is 6.36. The van der Waals surface area contributed by atoms with Crippen LogP contribution < -0.4 is 0 Å². The van der Waals surface area contributed by atoms with Gasteiger partial charge in [0.25, 0.3) is 5.91 Å². The van der Waals surface area contributed by atoms with Crippen molar-refractivity contribution in [3.63, 3.8) is 0 Å². The van der Waals surface area contributed by atoms with Gasteiger partial charge in [0.1, 0.15) is 0 Å². The molecule has 7 heteroatoms. The number of ether oxygens (including phenoxy) is 1. The smallest absolute Gasteiger partial charge is 0.254 e. The van der Waals surface area contributed by atoms with Crippen LogP contribution in [0.2, 0.25) is 0 Å². The molecule has 1 aliphatic heterocycles. The topological polar surface area (TPSA) is 66.9 Å². The van der Waals surface area contributed by atoms with Gasteiger partial charge in [-0.25, -0.2) is 8.42 Å². The summed E-state index contributed by atoms with van der Waals surface area (Å²) in [4.78, 5) is 15.8. The summed E-state index contributed by atoms with van der Waals surface area (Å²) in [6.07, 6.45) is 8.95. The molecule has 2 aliphatic carbocycles. The first-order valence-corrected chi connectivity index (χ1v) is 12.0. The van der Waals surface area contributed by atoms with Gasteiger partial charge in [-0.1, -0.05) is 31.7 Å². The molecular formula is C21H30N2O4S. The molecule has 1 amide bonds. The first kappa shape index (κ1) is 19.9. The Balaban J connectivity index is 1.60. The van der Waals surface area contributed by atoms with Gasteiger partial charge in [0.2, 0.25) is 10.0 Å². The summed E-state index contributed by atoms with van der Waals surface area (Å²) in [5.41, 5.74) is 0.494. The first-order chi connectivity index (χ1) is 13.6. The van der Waals surface area contributed by atoms with E-state index >= 15 is 0 Å². The lowest BCUT2D eigenvalue weighted by molar-refractivity contribution is 0.0580. The minimum atomic E-state index is -3.60. The van der Waals surface area contributed by atoms with Crippen molar-refractivity contribution in [2.75, 3.05) is 26.3 Å². The fourth-order valence-electron chi connectivity index (χ4n) is 4.87. The molecule has 1 saturated heterocycles. The van der Waals surface area contributed by atoms with Gasteiger partial charge in [-0.05, 0) is 43.9 Å². The Kier molecular flexibility index (Phi) is 6.04. The van der Waals surface area contributed by atoms with Crippen molar-refractivity contribution in [3.8, 4) is 0 Å². The Morgan fingerprint density at radius 1 is 0.964 bits per heavy atom. The zero-order valence-corrected chi connectivity index (χ0v) is 17.2. The molecule has 6 nitrogen and oxygen atoms in total. The molecule has 0 bridgehead atoms. The van der Waals surface area contributed by atoms with E-state index < -0.39 is 10.0 Å². The van der Waals surface area contributed by atoms with E-state index in [1.807, 2.05) is 0 Å². The lowest BCUT2D eigenvalue weighted by Gasteiger charge is -2.35. The second-order valence-corrected chi connectivity index (χ2v) is 10.1. The van der Waals surface area contributed by atoms with Gasteiger partial charge in [0, 0.05) is 30.7 Å². The van der Waals surface area contributed by atoms with E-state index in [0.717, 1.165) is 25.7 Å². The fourth-order valence-corrected chi connectivity index (χ4v) is 6.32. The molecule has 3 fully saturated rings. The zero-order valence-electron chi connectivity index (χ0n) is 16.4. The third-order valence-corrected chi connectivity index (χ3v) is 8.25. The molecule has 0 radical (unpaired) electrons. The summed E-state index contributed by atoms with van der Waals surface area (Å²) in [5.74, 6) is -0.00201. The SMILES string of the molecule is O=C(c1cccc(S(=O)(=O)N2CCOCC2)c1)N(C1CCCC1)C1CCCC1. The lowest BCUT2D eigenvalue weighted by Crippen LogP contribution is -2.45. The molecule has 154 valence electrons. The van der Waals surface area contributed by atoms with Gasteiger partial charge >= 0.3 is 0 Å². The number of morpholine rings is 1. The average molecular weight is 407 g/mol. The van der Waals surface area contributed by atoms with Crippen LogP contribution in [-0.2, 0) is 14.8 Å². The van der Waals surface area contributed by atoms with Crippen molar-refractivity contribution in [3.05, 3.63) is 29.8 Å². The van der Waals surface area contributed by atoms with Crippen molar-refractivity contribution < 1.29 is 17.9 Å². The number of nitrogens with zero attached hydrogens (tertiary/aromatic N) is 2. The van der Waals surface area contributed by atoms with E-state index in [4.69, 9.17) is 4.74 Å². The molecule has 2 saturated carbocycles. The van der Waals surface area contributed by atoms with Crippen molar-refractivity contribution in [2.24, 2.45) is 0 Å². The molecule has 3 aliphatic rings. The van der Waals surface area contributed by atoms with Crippen LogP contribution in [0.4, 0.5) is 0 Å². The van der Waals surface area contributed by atoms with Crippen LogP contribution in [0.25, 0.3) is 0 Å². The number of carbonyl (C=O) groups excluding carboxylic acids is 1. The summed E-state index contributed by atoms with van der Waals surface area (Å²) in [6, 6.07) is 7.23. The van der Waals surface area contributed by atoms with Crippen LogP contribution in [0.5, 0.6) is 0 Å². The standard InChI is InChI=1S/C21H30N2O4S/c24-21(23(18-7-1-2-8-18)19-9-3-4-10-19)17-6-5-11-20(16-17)28(25,26)22-12-14-27-15-13-22/h5-6,11,16,18-19H,1-4,7-10,12-15H2. The zero-order chi connectivity index (χ0) is 19.6. The number of benzene rings is 1. The molecule has 0 unspecified atom stereocenters. The Morgan fingerprint density at radius 3 is 2.11 bits per heavy atom. The van der Waals surface area contributed by atoms with E-state index in [0.29, 0.717) is 44.0 Å². The number of hydrogen-bond acceptors (Lipinski definition) is 4. The molecule has 0 spiro atoms. The van der Waals surface area contributed by atoms with Crippen molar-refractivity contribution >= 4 is 15.9 Å². The Morgan fingerprint density at radius 2 is 1.54 bits per heavy atom. The van der Waals surface area contributed by atoms with Crippen LogP contribution in [0.3, 0.4) is 0 Å². The predicted octanol–water partition coefficient (Wildman–Crippen LogP) is 3.03. The molecule has 1 aromatic carbocycles. The number of hydrogen-bond donors (Lipinski definition) is 0. The van der Waals surface area contributed by atoms with Gasteiger partial charge in [-0.3, -0.25) is 4.79 Å². The normalized spacial score (nSPS) is 22.6. The molecule has 1 aromatic rings. The number of carbonyl (C=O) groups is 1. The summed E-state index contributed by atoms with van der Waals surface area (Å²) in [7, 11) is -3.60. The summed E-state index contributed by atoms with van der Waals surface area (Å²) in [5, 5.41) is 0. The highest BCUT2D eigenvalue weighted by molar-refractivity contribution is 7.89. The molecule has 0 aromatic heterocycles. The maximum atomic E-state index is 13.5. The van der Waals surface area contributed by atoms with E-state index in [9.17, 15) is 13.2 Å². The molecule has 4 rings (SSSR count). The van der Waals surface area contributed by atoms with Crippen LogP contribution >= 0.6 is 0 Å². The van der Waals surface area contributed by atoms with Gasteiger partial charge in [0.05, 0.1) is 18.1 Å². The average Bonchev–Trinajstić information content (AvgIpc) is 3.44. The highest BCUT2D eigenvalue weighted by atomic mass is 32.2. The van der Waals surface area contributed by atoms with E-state index in [2.05, 4.69) is 4.90 Å². The summed E-state index contributed by atoms with van der Waals surface area (Å²) in [6.45, 7) is 1.54. The largest absolute Gasteiger partial charge is 0.379 e. The minimum Gasteiger partial charge on any atom is -0.379 e. The Bertz CT molecular complexity index is 776. The fraction of sp³-hybridized carbons (Fsp3) is 0.667. The first-order valence-electron chi connectivity index (χ1n) is 10.6. The number of sulfonamides is 1. The van der Waals surface area contributed by atoms with Crippen molar-refractivity contribution in [1.29, 1.82) is 0 Å². The monoisotopic (exact) mass is 406 g/mol. The Labute approximate surface area is 167 Å². The second-order valence-electron chi connectivity index (χ2n) is 8.13.